The van der Waals surface area contributed by atoms with Crippen LogP contribution in [0.15, 0.2) is 84.0 Å². The van der Waals surface area contributed by atoms with Gasteiger partial charge in [0.1, 0.15) is 5.75 Å². The van der Waals surface area contributed by atoms with E-state index in [-0.39, 0.29) is 24.7 Å². The molecule has 0 aliphatic carbocycles. The Kier molecular flexibility index (Phi) is 7.54. The Labute approximate surface area is 182 Å². The van der Waals surface area contributed by atoms with Crippen molar-refractivity contribution < 1.29 is 14.3 Å². The van der Waals surface area contributed by atoms with Crippen molar-refractivity contribution in [2.24, 2.45) is 5.10 Å². The zero-order valence-electron chi connectivity index (χ0n) is 17.6. The molecule has 158 valence electrons. The quantitative estimate of drug-likeness (QED) is 0.422. The first-order chi connectivity index (χ1) is 15.0. The number of hydrogen-bond acceptors (Lipinski definition) is 4. The molecule has 2 N–H and O–H groups in total. The molecule has 0 heterocycles. The largest absolute Gasteiger partial charge is 0.497 e. The number of amides is 2. The number of hydrazone groups is 1. The van der Waals surface area contributed by atoms with Gasteiger partial charge in [0.15, 0.2) is 0 Å². The smallest absolute Gasteiger partial charge is 0.244 e. The molecule has 2 amide bonds. The standard InChI is InChI=1S/C25H25N3O3/c1-18(15-24(29)26-22-9-6-10-23(17-22)31-2)27-28-25(30)16-19-11-13-21(14-12-19)20-7-4-3-5-8-20/h3-14,17H,15-16H2,1-2H3,(H,26,29)(H,28,30)/b27-18+. The molecular weight excluding hydrogens is 390 g/mol. The number of nitrogens with one attached hydrogen (secondary N) is 2. The minimum absolute atomic E-state index is 0.0727. The maximum absolute atomic E-state index is 12.2. The van der Waals surface area contributed by atoms with E-state index in [2.05, 4.69) is 15.8 Å². The summed E-state index contributed by atoms with van der Waals surface area (Å²) < 4.78 is 5.14. The predicted octanol–water partition coefficient (Wildman–Crippen LogP) is 4.43. The Morgan fingerprint density at radius 1 is 0.871 bits per heavy atom. The van der Waals surface area contributed by atoms with Crippen molar-refractivity contribution in [2.45, 2.75) is 19.8 Å². The highest BCUT2D eigenvalue weighted by Crippen LogP contribution is 2.19. The van der Waals surface area contributed by atoms with E-state index < -0.39 is 0 Å². The van der Waals surface area contributed by atoms with Gasteiger partial charge in [-0.15, -0.1) is 0 Å². The fraction of sp³-hybridized carbons (Fsp3) is 0.160. The average Bonchev–Trinajstić information content (AvgIpc) is 2.79. The van der Waals surface area contributed by atoms with Gasteiger partial charge in [-0.2, -0.15) is 5.10 Å². The van der Waals surface area contributed by atoms with E-state index in [4.69, 9.17) is 4.74 Å². The summed E-state index contributed by atoms with van der Waals surface area (Å²) in [7, 11) is 1.57. The van der Waals surface area contributed by atoms with E-state index >= 15 is 0 Å². The fourth-order valence-corrected chi connectivity index (χ4v) is 3.01. The Hall–Kier alpha value is -3.93. The molecule has 0 aliphatic rings. The molecule has 0 atom stereocenters. The van der Waals surface area contributed by atoms with Gasteiger partial charge in [-0.1, -0.05) is 60.7 Å². The van der Waals surface area contributed by atoms with Gasteiger partial charge in [0.25, 0.3) is 0 Å². The second-order valence-electron chi connectivity index (χ2n) is 7.08. The van der Waals surface area contributed by atoms with E-state index in [0.29, 0.717) is 17.1 Å². The molecule has 3 aromatic rings. The van der Waals surface area contributed by atoms with Crippen molar-refractivity contribution in [1.29, 1.82) is 0 Å². The minimum Gasteiger partial charge on any atom is -0.497 e. The van der Waals surface area contributed by atoms with Crippen LogP contribution < -0.4 is 15.5 Å². The first-order valence-corrected chi connectivity index (χ1v) is 9.94. The van der Waals surface area contributed by atoms with Gasteiger partial charge in [-0.25, -0.2) is 5.43 Å². The number of methoxy groups -OCH3 is 1. The average molecular weight is 415 g/mol. The Morgan fingerprint density at radius 3 is 2.29 bits per heavy atom. The van der Waals surface area contributed by atoms with Crippen LogP contribution in [0.4, 0.5) is 5.69 Å². The molecule has 0 bridgehead atoms. The summed E-state index contributed by atoms with van der Waals surface area (Å²) in [6.45, 7) is 1.69. The molecule has 6 heteroatoms. The lowest BCUT2D eigenvalue weighted by Gasteiger charge is -2.07. The van der Waals surface area contributed by atoms with Crippen LogP contribution in [0.1, 0.15) is 18.9 Å². The number of benzene rings is 3. The molecule has 0 saturated heterocycles. The second kappa shape index (κ2) is 10.7. The van der Waals surface area contributed by atoms with Gasteiger partial charge < -0.3 is 10.1 Å². The monoisotopic (exact) mass is 415 g/mol. The van der Waals surface area contributed by atoms with Crippen LogP contribution in [0.25, 0.3) is 11.1 Å². The number of carbonyl (C=O) groups is 2. The molecule has 31 heavy (non-hydrogen) atoms. The topological polar surface area (TPSA) is 79.8 Å². The van der Waals surface area contributed by atoms with Gasteiger partial charge >= 0.3 is 0 Å². The molecule has 0 spiro atoms. The summed E-state index contributed by atoms with van der Waals surface area (Å²) >= 11 is 0. The predicted molar refractivity (Wildman–Crippen MR) is 123 cm³/mol. The maximum atomic E-state index is 12.2. The van der Waals surface area contributed by atoms with E-state index in [1.54, 1.807) is 38.3 Å². The summed E-state index contributed by atoms with van der Waals surface area (Å²) in [6, 6.07) is 25.0. The number of rotatable bonds is 8. The van der Waals surface area contributed by atoms with Gasteiger partial charge in [0.2, 0.25) is 11.8 Å². The highest BCUT2D eigenvalue weighted by atomic mass is 16.5. The van der Waals surface area contributed by atoms with Gasteiger partial charge in [0, 0.05) is 17.5 Å². The van der Waals surface area contributed by atoms with Gasteiger partial charge in [0.05, 0.1) is 20.0 Å². The highest BCUT2D eigenvalue weighted by molar-refractivity contribution is 6.05. The van der Waals surface area contributed by atoms with Crippen LogP contribution in [0.2, 0.25) is 0 Å². The first-order valence-electron chi connectivity index (χ1n) is 9.94. The fourth-order valence-electron chi connectivity index (χ4n) is 3.01. The van der Waals surface area contributed by atoms with Crippen molar-refractivity contribution in [3.05, 3.63) is 84.4 Å². The zero-order valence-corrected chi connectivity index (χ0v) is 17.6. The molecule has 0 saturated carbocycles. The molecule has 6 nitrogen and oxygen atoms in total. The number of hydrogen-bond donors (Lipinski definition) is 2. The summed E-state index contributed by atoms with van der Waals surface area (Å²) in [4.78, 5) is 24.3. The maximum Gasteiger partial charge on any atom is 0.244 e. The Balaban J connectivity index is 1.48. The van der Waals surface area contributed by atoms with Crippen molar-refractivity contribution in [3.63, 3.8) is 0 Å². The summed E-state index contributed by atoms with van der Waals surface area (Å²) in [5.41, 5.74) is 6.78. The third-order valence-corrected chi connectivity index (χ3v) is 4.57. The van der Waals surface area contributed by atoms with Crippen LogP contribution in [0, 0.1) is 0 Å². The van der Waals surface area contributed by atoms with E-state index in [1.807, 2.05) is 54.6 Å². The number of carbonyl (C=O) groups excluding carboxylic acids is 2. The number of anilines is 1. The molecule has 0 radical (unpaired) electrons. The van der Waals surface area contributed by atoms with E-state index in [1.165, 1.54) is 0 Å². The van der Waals surface area contributed by atoms with Gasteiger partial charge in [-0.3, -0.25) is 9.59 Å². The molecule has 3 rings (SSSR count). The van der Waals surface area contributed by atoms with Crippen LogP contribution in [0.3, 0.4) is 0 Å². The van der Waals surface area contributed by atoms with Crippen LogP contribution in [-0.4, -0.2) is 24.6 Å². The molecule has 0 aromatic heterocycles. The van der Waals surface area contributed by atoms with Crippen molar-refractivity contribution in [2.75, 3.05) is 12.4 Å². The summed E-state index contributed by atoms with van der Waals surface area (Å²) in [5, 5.41) is 6.81. The first kappa shape index (κ1) is 21.8. The zero-order chi connectivity index (χ0) is 22.1. The molecule has 3 aromatic carbocycles. The molecule has 0 aliphatic heterocycles. The normalized spacial score (nSPS) is 11.0. The number of nitrogens with zero attached hydrogens (tertiary/aromatic N) is 1. The summed E-state index contributed by atoms with van der Waals surface area (Å²) in [6.07, 6.45) is 0.283. The molecule has 0 fully saturated rings. The van der Waals surface area contributed by atoms with Crippen LogP contribution in [0.5, 0.6) is 5.75 Å². The lowest BCUT2D eigenvalue weighted by atomic mass is 10.0. The second-order valence-corrected chi connectivity index (χ2v) is 7.08. The Morgan fingerprint density at radius 2 is 1.58 bits per heavy atom. The van der Waals surface area contributed by atoms with Crippen molar-refractivity contribution in [3.8, 4) is 16.9 Å². The summed E-state index contributed by atoms with van der Waals surface area (Å²) in [5.74, 6) is 0.201. The lowest BCUT2D eigenvalue weighted by Crippen LogP contribution is -2.22. The minimum atomic E-state index is -0.236. The van der Waals surface area contributed by atoms with E-state index in [9.17, 15) is 9.59 Å². The molecular formula is C25H25N3O3. The highest BCUT2D eigenvalue weighted by Gasteiger charge is 2.07. The lowest BCUT2D eigenvalue weighted by molar-refractivity contribution is -0.120. The van der Waals surface area contributed by atoms with Crippen LogP contribution >= 0.6 is 0 Å². The van der Waals surface area contributed by atoms with Crippen LogP contribution in [-0.2, 0) is 16.0 Å². The molecule has 0 unspecified atom stereocenters. The van der Waals surface area contributed by atoms with Crippen molar-refractivity contribution in [1.82, 2.24) is 5.43 Å². The third kappa shape index (κ3) is 6.82. The number of ether oxygens (including phenoxy) is 1. The third-order valence-electron chi connectivity index (χ3n) is 4.57. The van der Waals surface area contributed by atoms with Crippen molar-refractivity contribution >= 4 is 23.2 Å². The van der Waals surface area contributed by atoms with E-state index in [0.717, 1.165) is 16.7 Å². The Bertz CT molecular complexity index is 1060. The van der Waals surface area contributed by atoms with Gasteiger partial charge in [-0.05, 0) is 35.7 Å². The SMILES string of the molecule is COc1cccc(NC(=O)C/C(C)=N/NC(=O)Cc2ccc(-c3ccccc3)cc2)c1.